The highest BCUT2D eigenvalue weighted by atomic mass is 16.5. The van der Waals surface area contributed by atoms with Gasteiger partial charge in [-0.3, -0.25) is 19.2 Å². The lowest BCUT2D eigenvalue weighted by atomic mass is 9.89. The lowest BCUT2D eigenvalue weighted by molar-refractivity contribution is -0.121. The van der Waals surface area contributed by atoms with Crippen LogP contribution in [0.5, 0.6) is 0 Å². The summed E-state index contributed by atoms with van der Waals surface area (Å²) in [4.78, 5) is 44.8. The number of ketones is 4. The maximum Gasteiger partial charge on any atom is 0.228 e. The Morgan fingerprint density at radius 1 is 0.778 bits per heavy atom. The average Bonchev–Trinajstić information content (AvgIpc) is 2.66. The maximum absolute atomic E-state index is 12.2. The number of ether oxygens (including phenoxy) is 2. The minimum atomic E-state index is -0.295. The third-order valence-corrected chi connectivity index (χ3v) is 4.00. The molecule has 0 saturated heterocycles. The summed E-state index contributed by atoms with van der Waals surface area (Å²) in [6, 6.07) is 0. The van der Waals surface area contributed by atoms with Crippen molar-refractivity contribution in [3.8, 4) is 0 Å². The van der Waals surface area contributed by atoms with Gasteiger partial charge in [0, 0.05) is 17.8 Å². The van der Waals surface area contributed by atoms with Crippen LogP contribution in [0, 0.1) is 0 Å². The van der Waals surface area contributed by atoms with E-state index >= 15 is 0 Å². The van der Waals surface area contributed by atoms with E-state index in [2.05, 4.69) is 0 Å². The number of Topliss-reactive ketones (excluding diaryl/α,β-unsaturated/α-hetero) is 2. The van der Waals surface area contributed by atoms with Crippen molar-refractivity contribution in [3.05, 3.63) is 47.0 Å². The van der Waals surface area contributed by atoms with E-state index in [0.29, 0.717) is 24.0 Å². The lowest BCUT2D eigenvalue weighted by Gasteiger charge is -2.20. The highest BCUT2D eigenvalue weighted by molar-refractivity contribution is 6.23. The Bertz CT molecular complexity index is 697. The first-order valence-electron chi connectivity index (χ1n) is 8.53. The Morgan fingerprint density at radius 2 is 1.26 bits per heavy atom. The van der Waals surface area contributed by atoms with Crippen LogP contribution >= 0.6 is 0 Å². The fraction of sp³-hybridized carbons (Fsp3) is 0.400. The highest BCUT2D eigenvalue weighted by Gasteiger charge is 2.34. The summed E-state index contributed by atoms with van der Waals surface area (Å²) in [7, 11) is 2.70. The van der Waals surface area contributed by atoms with Crippen molar-refractivity contribution in [1.82, 2.24) is 0 Å². The Hall–Kier alpha value is -2.80. The van der Waals surface area contributed by atoms with E-state index in [1.54, 1.807) is 6.92 Å². The predicted octanol–water partition coefficient (Wildman–Crippen LogP) is 1.76. The number of carbonyl (C=O) groups excluding carboxylic acids is 4. The quantitative estimate of drug-likeness (QED) is 0.533. The predicted molar refractivity (Wildman–Crippen MR) is 97.6 cm³/mol. The van der Waals surface area contributed by atoms with Crippen molar-refractivity contribution < 1.29 is 33.8 Å². The minimum absolute atomic E-state index is 0.0183. The normalized spacial score (nSPS) is 16.6. The average molecular weight is 376 g/mol. The lowest BCUT2D eigenvalue weighted by Crippen LogP contribution is -2.25. The second kappa shape index (κ2) is 11.0. The molecule has 0 radical (unpaired) electrons. The standard InChI is InChI=1S/C14H20O5.C6H4O2/c1-9-10(7-5-4-6-8-15)12(17)14(19-3)13(18-2)11(9)16;7-5-1-2-6(8)4-3-5/h15H,4-8H2,1-3H3;1-4H. The number of aliphatic hydroxyl groups excluding tert-OH is 1. The van der Waals surface area contributed by atoms with Gasteiger partial charge in [0.1, 0.15) is 0 Å². The van der Waals surface area contributed by atoms with E-state index in [0.717, 1.165) is 12.8 Å². The van der Waals surface area contributed by atoms with Crippen LogP contribution in [0.4, 0.5) is 0 Å². The topological polar surface area (TPSA) is 107 Å². The molecule has 0 heterocycles. The SMILES string of the molecule is COC1=C(OC)C(=O)C(CCCCCO)=C(C)C1=O.O=C1C=CC(=O)C=C1. The smallest absolute Gasteiger partial charge is 0.228 e. The number of hydrogen-bond donors (Lipinski definition) is 1. The molecule has 0 aromatic carbocycles. The molecule has 1 N–H and O–H groups in total. The molecule has 0 unspecified atom stereocenters. The number of methoxy groups -OCH3 is 2. The molecule has 0 amide bonds. The zero-order chi connectivity index (χ0) is 20.4. The van der Waals surface area contributed by atoms with Gasteiger partial charge in [0.15, 0.2) is 11.6 Å². The van der Waals surface area contributed by atoms with Gasteiger partial charge >= 0.3 is 0 Å². The molecule has 0 fully saturated rings. The monoisotopic (exact) mass is 376 g/mol. The summed E-state index contributed by atoms with van der Waals surface area (Å²) in [5.74, 6) is -0.856. The third-order valence-electron chi connectivity index (χ3n) is 4.00. The molecule has 146 valence electrons. The summed E-state index contributed by atoms with van der Waals surface area (Å²) in [6.07, 6.45) is 7.80. The number of unbranched alkanes of at least 4 members (excludes halogenated alkanes) is 2. The van der Waals surface area contributed by atoms with Crippen molar-refractivity contribution in [2.24, 2.45) is 0 Å². The van der Waals surface area contributed by atoms with Crippen molar-refractivity contribution in [2.45, 2.75) is 32.6 Å². The van der Waals surface area contributed by atoms with Gasteiger partial charge < -0.3 is 14.6 Å². The molecular weight excluding hydrogens is 352 g/mol. The number of aliphatic hydroxyl groups is 1. The zero-order valence-corrected chi connectivity index (χ0v) is 15.7. The highest BCUT2D eigenvalue weighted by Crippen LogP contribution is 2.28. The minimum Gasteiger partial charge on any atom is -0.489 e. The fourth-order valence-electron chi connectivity index (χ4n) is 2.52. The molecule has 0 aromatic heterocycles. The number of hydrogen-bond acceptors (Lipinski definition) is 7. The molecule has 0 saturated carbocycles. The van der Waals surface area contributed by atoms with Gasteiger partial charge in [-0.2, -0.15) is 0 Å². The second-order valence-electron chi connectivity index (χ2n) is 5.83. The van der Waals surface area contributed by atoms with Crippen molar-refractivity contribution in [2.75, 3.05) is 20.8 Å². The molecular formula is C20H24O7. The molecule has 0 bridgehead atoms. The van der Waals surface area contributed by atoms with Gasteiger partial charge in [0.25, 0.3) is 0 Å². The van der Waals surface area contributed by atoms with Crippen molar-refractivity contribution in [3.63, 3.8) is 0 Å². The molecule has 2 aliphatic carbocycles. The van der Waals surface area contributed by atoms with Crippen molar-refractivity contribution in [1.29, 1.82) is 0 Å². The molecule has 0 atom stereocenters. The van der Waals surface area contributed by atoms with Crippen molar-refractivity contribution >= 4 is 23.1 Å². The molecule has 7 nitrogen and oxygen atoms in total. The largest absolute Gasteiger partial charge is 0.489 e. The van der Waals surface area contributed by atoms with E-state index in [1.165, 1.54) is 38.5 Å². The zero-order valence-electron chi connectivity index (χ0n) is 15.7. The van der Waals surface area contributed by atoms with Gasteiger partial charge in [-0.05, 0) is 50.5 Å². The van der Waals surface area contributed by atoms with E-state index in [4.69, 9.17) is 14.6 Å². The van der Waals surface area contributed by atoms with Crippen LogP contribution in [0.15, 0.2) is 47.0 Å². The molecule has 27 heavy (non-hydrogen) atoms. The van der Waals surface area contributed by atoms with Crippen LogP contribution in [0.3, 0.4) is 0 Å². The van der Waals surface area contributed by atoms with Crippen LogP contribution < -0.4 is 0 Å². The first-order valence-corrected chi connectivity index (χ1v) is 8.53. The van der Waals surface area contributed by atoms with Gasteiger partial charge in [-0.1, -0.05) is 6.42 Å². The summed E-state index contributed by atoms with van der Waals surface area (Å²) < 4.78 is 9.95. The molecule has 0 aromatic rings. The molecule has 2 rings (SSSR count). The van der Waals surface area contributed by atoms with E-state index in [9.17, 15) is 19.2 Å². The Kier molecular flexibility index (Phi) is 9.08. The first-order chi connectivity index (χ1) is 12.9. The Morgan fingerprint density at radius 3 is 1.70 bits per heavy atom. The summed E-state index contributed by atoms with van der Waals surface area (Å²) in [5, 5.41) is 8.72. The van der Waals surface area contributed by atoms with Gasteiger partial charge in [0.05, 0.1) is 14.2 Å². The number of carbonyl (C=O) groups is 4. The Balaban J connectivity index is 0.000000377. The number of rotatable bonds is 7. The molecule has 0 aliphatic heterocycles. The summed E-state index contributed by atoms with van der Waals surface area (Å²) >= 11 is 0. The van der Waals surface area contributed by atoms with Crippen LogP contribution in [0.1, 0.15) is 32.6 Å². The maximum atomic E-state index is 12.2. The molecule has 0 spiro atoms. The van der Waals surface area contributed by atoms with Crippen LogP contribution in [-0.4, -0.2) is 49.1 Å². The van der Waals surface area contributed by atoms with E-state index in [1.807, 2.05) is 0 Å². The molecule has 2 aliphatic rings. The second-order valence-corrected chi connectivity index (χ2v) is 5.83. The first kappa shape index (κ1) is 22.2. The fourth-order valence-corrected chi connectivity index (χ4v) is 2.52. The van der Waals surface area contributed by atoms with Crippen LogP contribution in [0.25, 0.3) is 0 Å². The number of allylic oxidation sites excluding steroid dienone is 6. The summed E-state index contributed by atoms with van der Waals surface area (Å²) in [5.41, 5.74) is 0.909. The van der Waals surface area contributed by atoms with Crippen LogP contribution in [0.2, 0.25) is 0 Å². The van der Waals surface area contributed by atoms with E-state index < -0.39 is 0 Å². The molecule has 7 heteroatoms. The summed E-state index contributed by atoms with van der Waals surface area (Å²) in [6.45, 7) is 1.77. The Labute approximate surface area is 158 Å². The van der Waals surface area contributed by atoms with Gasteiger partial charge in [0.2, 0.25) is 23.1 Å². The van der Waals surface area contributed by atoms with Crippen LogP contribution in [-0.2, 0) is 28.7 Å². The van der Waals surface area contributed by atoms with E-state index in [-0.39, 0.29) is 41.3 Å². The van der Waals surface area contributed by atoms with Gasteiger partial charge in [-0.25, -0.2) is 0 Å². The van der Waals surface area contributed by atoms with Gasteiger partial charge in [-0.15, -0.1) is 0 Å². The third kappa shape index (κ3) is 6.14.